The molecule has 0 saturated heterocycles. The highest BCUT2D eigenvalue weighted by molar-refractivity contribution is 5.56. The minimum Gasteiger partial charge on any atom is -0.349 e. The summed E-state index contributed by atoms with van der Waals surface area (Å²) in [4.78, 5) is 4.28. The molecule has 3 rings (SSSR count). The van der Waals surface area contributed by atoms with Crippen LogP contribution in [-0.2, 0) is 6.54 Å². The van der Waals surface area contributed by atoms with Gasteiger partial charge in [0.15, 0.2) is 5.82 Å². The Morgan fingerprint density at radius 2 is 1.83 bits per heavy atom. The van der Waals surface area contributed by atoms with Gasteiger partial charge in [0.1, 0.15) is 5.82 Å². The third-order valence-electron chi connectivity index (χ3n) is 3.27. The molecular formula is C17H16FN5. The molecule has 0 aliphatic rings. The van der Waals surface area contributed by atoms with Gasteiger partial charge in [0, 0.05) is 6.54 Å². The fourth-order valence-electron chi connectivity index (χ4n) is 2.03. The van der Waals surface area contributed by atoms with Crippen LogP contribution in [0, 0.1) is 12.7 Å². The maximum atomic E-state index is 13.6. The summed E-state index contributed by atoms with van der Waals surface area (Å²) in [7, 11) is 0. The second-order valence-corrected chi connectivity index (χ2v) is 5.11. The number of hydrogen-bond acceptors (Lipinski definition) is 5. The summed E-state index contributed by atoms with van der Waals surface area (Å²) in [6, 6.07) is 14.6. The monoisotopic (exact) mass is 309 g/mol. The minimum absolute atomic E-state index is 0.345. The number of hydrogen-bond donors (Lipinski definition) is 2. The zero-order chi connectivity index (χ0) is 16.1. The van der Waals surface area contributed by atoms with Gasteiger partial charge < -0.3 is 10.6 Å². The van der Waals surface area contributed by atoms with Gasteiger partial charge in [-0.05, 0) is 24.6 Å². The van der Waals surface area contributed by atoms with E-state index in [1.54, 1.807) is 18.2 Å². The zero-order valence-corrected chi connectivity index (χ0v) is 12.6. The fourth-order valence-corrected chi connectivity index (χ4v) is 2.03. The average Bonchev–Trinajstić information content (AvgIpc) is 2.57. The van der Waals surface area contributed by atoms with Crippen LogP contribution in [0.3, 0.4) is 0 Å². The van der Waals surface area contributed by atoms with Crippen molar-refractivity contribution in [3.8, 4) is 0 Å². The molecule has 5 nitrogen and oxygen atoms in total. The van der Waals surface area contributed by atoms with Crippen molar-refractivity contribution in [3.05, 3.63) is 71.7 Å². The van der Waals surface area contributed by atoms with Crippen LogP contribution in [0.4, 0.5) is 21.8 Å². The maximum absolute atomic E-state index is 13.6. The van der Waals surface area contributed by atoms with Crippen molar-refractivity contribution in [1.82, 2.24) is 15.2 Å². The summed E-state index contributed by atoms with van der Waals surface area (Å²) < 4.78 is 13.6. The molecule has 2 aromatic carbocycles. The Morgan fingerprint density at radius 3 is 2.61 bits per heavy atom. The van der Waals surface area contributed by atoms with Crippen LogP contribution < -0.4 is 10.6 Å². The molecule has 0 bridgehead atoms. The molecule has 23 heavy (non-hydrogen) atoms. The van der Waals surface area contributed by atoms with Gasteiger partial charge in [0.05, 0.1) is 11.9 Å². The first kappa shape index (κ1) is 14.9. The van der Waals surface area contributed by atoms with Crippen LogP contribution in [0.5, 0.6) is 0 Å². The average molecular weight is 309 g/mol. The Kier molecular flexibility index (Phi) is 4.42. The molecule has 0 saturated carbocycles. The van der Waals surface area contributed by atoms with E-state index in [0.717, 1.165) is 5.56 Å². The molecule has 0 atom stereocenters. The Morgan fingerprint density at radius 1 is 1.04 bits per heavy atom. The molecule has 0 radical (unpaired) electrons. The molecule has 116 valence electrons. The van der Waals surface area contributed by atoms with Crippen LogP contribution in [0.2, 0.25) is 0 Å². The topological polar surface area (TPSA) is 62.7 Å². The smallest absolute Gasteiger partial charge is 0.244 e. The van der Waals surface area contributed by atoms with Crippen LogP contribution in [0.1, 0.15) is 11.1 Å². The van der Waals surface area contributed by atoms with Crippen molar-refractivity contribution >= 4 is 17.5 Å². The van der Waals surface area contributed by atoms with Crippen molar-refractivity contribution in [3.63, 3.8) is 0 Å². The lowest BCUT2D eigenvalue weighted by atomic mass is 10.1. The molecule has 0 aliphatic carbocycles. The largest absolute Gasteiger partial charge is 0.349 e. The highest BCUT2D eigenvalue weighted by Crippen LogP contribution is 2.17. The van der Waals surface area contributed by atoms with Gasteiger partial charge in [-0.3, -0.25) is 0 Å². The Balaban J connectivity index is 1.67. The standard InChI is InChI=1S/C17H16FN5/c1-12-6-8-13(9-7-12)10-19-17-22-16(11-20-23-17)21-15-5-3-2-4-14(15)18/h2-9,11H,10H2,1H3,(H2,19,21,22,23). The normalized spacial score (nSPS) is 10.3. The molecule has 6 heteroatoms. The van der Waals surface area contributed by atoms with Crippen LogP contribution in [-0.4, -0.2) is 15.2 Å². The zero-order valence-electron chi connectivity index (χ0n) is 12.6. The molecule has 0 spiro atoms. The van der Waals surface area contributed by atoms with Crippen molar-refractivity contribution < 1.29 is 4.39 Å². The van der Waals surface area contributed by atoms with Gasteiger partial charge in [-0.25, -0.2) is 4.39 Å². The predicted molar refractivity (Wildman–Crippen MR) is 88.0 cm³/mol. The molecule has 1 heterocycles. The summed E-state index contributed by atoms with van der Waals surface area (Å²) in [6.07, 6.45) is 1.45. The van der Waals surface area contributed by atoms with E-state index in [0.29, 0.717) is 24.0 Å². The number of para-hydroxylation sites is 1. The summed E-state index contributed by atoms with van der Waals surface area (Å²) in [5.74, 6) is 0.462. The lowest BCUT2D eigenvalue weighted by Gasteiger charge is -2.08. The van der Waals surface area contributed by atoms with Crippen molar-refractivity contribution in [2.45, 2.75) is 13.5 Å². The predicted octanol–water partition coefficient (Wildman–Crippen LogP) is 3.67. The van der Waals surface area contributed by atoms with E-state index in [2.05, 4.69) is 25.8 Å². The number of anilines is 3. The number of aryl methyl sites for hydroxylation is 1. The first-order valence-corrected chi connectivity index (χ1v) is 7.21. The van der Waals surface area contributed by atoms with E-state index in [-0.39, 0.29) is 5.82 Å². The molecule has 3 aromatic rings. The van der Waals surface area contributed by atoms with E-state index in [1.165, 1.54) is 17.8 Å². The number of nitrogens with zero attached hydrogens (tertiary/aromatic N) is 3. The lowest BCUT2D eigenvalue weighted by molar-refractivity contribution is 0.631. The summed E-state index contributed by atoms with van der Waals surface area (Å²) in [5.41, 5.74) is 2.67. The van der Waals surface area contributed by atoms with Crippen molar-refractivity contribution in [2.24, 2.45) is 0 Å². The number of benzene rings is 2. The highest BCUT2D eigenvalue weighted by atomic mass is 19.1. The third kappa shape index (κ3) is 4.00. The van der Waals surface area contributed by atoms with Gasteiger partial charge >= 0.3 is 0 Å². The quantitative estimate of drug-likeness (QED) is 0.753. The molecule has 0 amide bonds. The van der Waals surface area contributed by atoms with Crippen molar-refractivity contribution in [2.75, 3.05) is 10.6 Å². The van der Waals surface area contributed by atoms with Gasteiger partial charge in [-0.15, -0.1) is 5.10 Å². The molecule has 0 fully saturated rings. The Labute approximate surface area is 133 Å². The molecular weight excluding hydrogens is 293 g/mol. The lowest BCUT2D eigenvalue weighted by Crippen LogP contribution is -2.06. The molecule has 0 unspecified atom stereocenters. The number of rotatable bonds is 5. The first-order chi connectivity index (χ1) is 11.2. The Hall–Kier alpha value is -3.02. The van der Waals surface area contributed by atoms with E-state index in [9.17, 15) is 4.39 Å². The maximum Gasteiger partial charge on any atom is 0.244 e. The van der Waals surface area contributed by atoms with E-state index in [1.807, 2.05) is 31.2 Å². The third-order valence-corrected chi connectivity index (χ3v) is 3.27. The van der Waals surface area contributed by atoms with Gasteiger partial charge in [-0.1, -0.05) is 42.0 Å². The van der Waals surface area contributed by atoms with E-state index >= 15 is 0 Å². The molecule has 0 aliphatic heterocycles. The van der Waals surface area contributed by atoms with Crippen LogP contribution >= 0.6 is 0 Å². The van der Waals surface area contributed by atoms with Gasteiger partial charge in [-0.2, -0.15) is 10.1 Å². The summed E-state index contributed by atoms with van der Waals surface area (Å²) in [5, 5.41) is 13.8. The SMILES string of the molecule is Cc1ccc(CNc2nncc(Nc3ccccc3F)n2)cc1. The molecule has 2 N–H and O–H groups in total. The van der Waals surface area contributed by atoms with Crippen molar-refractivity contribution in [1.29, 1.82) is 0 Å². The van der Waals surface area contributed by atoms with Gasteiger partial charge in [0.2, 0.25) is 5.95 Å². The number of halogens is 1. The number of nitrogens with one attached hydrogen (secondary N) is 2. The molecule has 1 aromatic heterocycles. The Bertz CT molecular complexity index is 789. The second kappa shape index (κ2) is 6.83. The van der Waals surface area contributed by atoms with E-state index in [4.69, 9.17) is 0 Å². The minimum atomic E-state index is -0.347. The summed E-state index contributed by atoms with van der Waals surface area (Å²) >= 11 is 0. The number of aromatic nitrogens is 3. The second-order valence-electron chi connectivity index (χ2n) is 5.11. The van der Waals surface area contributed by atoms with Crippen LogP contribution in [0.15, 0.2) is 54.7 Å². The van der Waals surface area contributed by atoms with Gasteiger partial charge in [0.25, 0.3) is 0 Å². The van der Waals surface area contributed by atoms with E-state index < -0.39 is 0 Å². The summed E-state index contributed by atoms with van der Waals surface area (Å²) in [6.45, 7) is 2.63. The fraction of sp³-hybridized carbons (Fsp3) is 0.118. The highest BCUT2D eigenvalue weighted by Gasteiger charge is 2.04. The van der Waals surface area contributed by atoms with Crippen LogP contribution in [0.25, 0.3) is 0 Å². The first-order valence-electron chi connectivity index (χ1n) is 7.21.